The Morgan fingerprint density at radius 1 is 1.07 bits per heavy atom. The van der Waals surface area contributed by atoms with Crippen molar-refractivity contribution in [3.05, 3.63) is 45.7 Å². The number of halogens is 1. The van der Waals surface area contributed by atoms with Gasteiger partial charge in [0, 0.05) is 42.5 Å². The molecule has 236 valence electrons. The molecule has 0 bridgehead atoms. The monoisotopic (exact) mass is 646 g/mol. The molecule has 0 saturated carbocycles. The van der Waals surface area contributed by atoms with Crippen LogP contribution >= 0.6 is 22.9 Å². The summed E-state index contributed by atoms with van der Waals surface area (Å²) in [5, 5.41) is 4.71. The van der Waals surface area contributed by atoms with E-state index in [9.17, 15) is 14.4 Å². The molecule has 1 aliphatic heterocycles. The number of aromatic nitrogens is 4. The number of likely N-dealkylation sites (tertiary alicyclic amines) is 1. The van der Waals surface area contributed by atoms with Gasteiger partial charge in [0.25, 0.3) is 11.1 Å². The van der Waals surface area contributed by atoms with Gasteiger partial charge in [-0.15, -0.1) is 5.10 Å². The third-order valence-electron chi connectivity index (χ3n) is 6.66. The molecule has 15 heteroatoms. The number of hydrogen-bond acceptors (Lipinski definition) is 11. The Kier molecular flexibility index (Phi) is 10.6. The number of pyridine rings is 2. The van der Waals surface area contributed by atoms with Crippen LogP contribution in [0.1, 0.15) is 56.1 Å². The second-order valence-electron chi connectivity index (χ2n) is 11.1. The number of hydrogen-bond donors (Lipinski definition) is 0. The van der Waals surface area contributed by atoms with Crippen molar-refractivity contribution >= 4 is 40.9 Å². The van der Waals surface area contributed by atoms with Crippen LogP contribution < -0.4 is 14.3 Å². The Balaban J connectivity index is 1.46. The predicted molar refractivity (Wildman–Crippen MR) is 162 cm³/mol. The molecule has 3 aromatic heterocycles. The largest absolute Gasteiger partial charge is 0.494 e. The first kappa shape index (κ1) is 32.9. The maximum atomic E-state index is 13.5. The van der Waals surface area contributed by atoms with Gasteiger partial charge in [-0.25, -0.2) is 9.78 Å². The summed E-state index contributed by atoms with van der Waals surface area (Å²) in [7, 11) is 2.93. The van der Waals surface area contributed by atoms with E-state index in [2.05, 4.69) is 20.1 Å². The Hall–Kier alpha value is -4.04. The van der Waals surface area contributed by atoms with E-state index >= 15 is 0 Å². The summed E-state index contributed by atoms with van der Waals surface area (Å²) in [5.74, 6) is -0.547. The number of rotatable bonds is 8. The normalized spacial score (nSPS) is 14.3. The summed E-state index contributed by atoms with van der Waals surface area (Å²) in [6.45, 7) is 8.01. The van der Waals surface area contributed by atoms with Crippen LogP contribution in [-0.2, 0) is 21.0 Å². The Labute approximate surface area is 263 Å². The molecule has 0 aliphatic carbocycles. The molecule has 13 nitrogen and oxygen atoms in total. The summed E-state index contributed by atoms with van der Waals surface area (Å²) in [6.07, 6.45) is 4.05. The standard InChI is InChI=1S/C29H35ClN6O7S/c1-17-11-19(20-13-23(30)32-15-22(20)40-5)21(14-31-17)25(38)33-26-36(34-27(41-6)44-26)16-42-24(37)12-18-7-9-35(10-8-18)28(39)43-29(2,3)4/h11,13-15,18H,7-10,12,16H2,1-6H3/b33-26-. The fourth-order valence-corrected chi connectivity index (χ4v) is 5.37. The zero-order chi connectivity index (χ0) is 32.0. The van der Waals surface area contributed by atoms with Crippen LogP contribution in [0.15, 0.2) is 29.5 Å². The number of methoxy groups -OCH3 is 2. The highest BCUT2D eigenvalue weighted by atomic mass is 35.5. The molecule has 44 heavy (non-hydrogen) atoms. The topological polar surface area (TPSA) is 147 Å². The number of carbonyl (C=O) groups excluding carboxylic acids is 3. The first-order chi connectivity index (χ1) is 20.9. The van der Waals surface area contributed by atoms with Crippen molar-refractivity contribution in [3.63, 3.8) is 0 Å². The highest BCUT2D eigenvalue weighted by molar-refractivity contribution is 7.10. The van der Waals surface area contributed by atoms with E-state index in [1.807, 2.05) is 20.8 Å². The summed E-state index contributed by atoms with van der Waals surface area (Å²) in [4.78, 5) is 52.9. The Morgan fingerprint density at radius 3 is 2.45 bits per heavy atom. The molecule has 1 saturated heterocycles. The minimum absolute atomic E-state index is 0.0630. The fourth-order valence-electron chi connectivity index (χ4n) is 4.50. The second-order valence-corrected chi connectivity index (χ2v) is 12.4. The van der Waals surface area contributed by atoms with E-state index in [0.29, 0.717) is 48.5 Å². The molecule has 0 aromatic carbocycles. The molecule has 0 spiro atoms. The summed E-state index contributed by atoms with van der Waals surface area (Å²) < 4.78 is 22.9. The molecule has 0 radical (unpaired) electrons. The van der Waals surface area contributed by atoms with Crippen LogP contribution in [-0.4, -0.2) is 75.5 Å². The average Bonchev–Trinajstić information content (AvgIpc) is 3.36. The van der Waals surface area contributed by atoms with Crippen molar-refractivity contribution in [2.45, 2.75) is 59.3 Å². The molecule has 1 fully saturated rings. The zero-order valence-corrected chi connectivity index (χ0v) is 27.0. The maximum Gasteiger partial charge on any atom is 0.410 e. The molecular formula is C29H35ClN6O7S. The van der Waals surface area contributed by atoms with Gasteiger partial charge in [0.05, 0.1) is 26.0 Å². The minimum atomic E-state index is -0.606. The van der Waals surface area contributed by atoms with Gasteiger partial charge >= 0.3 is 12.1 Å². The van der Waals surface area contributed by atoms with Gasteiger partial charge in [-0.1, -0.05) is 11.6 Å². The lowest BCUT2D eigenvalue weighted by Gasteiger charge is -2.33. The Bertz CT molecular complexity index is 1590. The molecule has 4 heterocycles. The molecule has 0 atom stereocenters. The first-order valence-corrected chi connectivity index (χ1v) is 15.1. The third kappa shape index (κ3) is 8.53. The van der Waals surface area contributed by atoms with Crippen LogP contribution in [0.3, 0.4) is 0 Å². The molecule has 1 aliphatic rings. The number of nitrogens with zero attached hydrogens (tertiary/aromatic N) is 6. The summed E-state index contributed by atoms with van der Waals surface area (Å²) in [5.41, 5.74) is 1.37. The van der Waals surface area contributed by atoms with E-state index in [4.69, 9.17) is 30.5 Å². The highest BCUT2D eigenvalue weighted by Gasteiger charge is 2.28. The number of aryl methyl sites for hydroxylation is 1. The Morgan fingerprint density at radius 2 is 1.80 bits per heavy atom. The number of piperidine rings is 1. The molecule has 3 aromatic rings. The van der Waals surface area contributed by atoms with Gasteiger partial charge < -0.3 is 23.8 Å². The van der Waals surface area contributed by atoms with E-state index in [-0.39, 0.29) is 45.9 Å². The lowest BCUT2D eigenvalue weighted by Crippen LogP contribution is -2.42. The molecule has 0 N–H and O–H groups in total. The minimum Gasteiger partial charge on any atom is -0.494 e. The van der Waals surface area contributed by atoms with Crippen LogP contribution in [0.2, 0.25) is 5.15 Å². The number of ether oxygens (including phenoxy) is 4. The van der Waals surface area contributed by atoms with E-state index in [0.717, 1.165) is 11.3 Å². The zero-order valence-electron chi connectivity index (χ0n) is 25.5. The first-order valence-electron chi connectivity index (χ1n) is 13.9. The molecule has 2 amide bonds. The summed E-state index contributed by atoms with van der Waals surface area (Å²) in [6, 6.07) is 3.33. The smallest absolute Gasteiger partial charge is 0.410 e. The van der Waals surface area contributed by atoms with Crippen molar-refractivity contribution in [1.82, 2.24) is 24.6 Å². The van der Waals surface area contributed by atoms with Crippen LogP contribution in [0.25, 0.3) is 11.1 Å². The van der Waals surface area contributed by atoms with E-state index < -0.39 is 17.5 Å². The molecule has 4 rings (SSSR count). The number of esters is 1. The van der Waals surface area contributed by atoms with Crippen molar-refractivity contribution in [2.24, 2.45) is 10.9 Å². The van der Waals surface area contributed by atoms with Crippen LogP contribution in [0.5, 0.6) is 10.9 Å². The van der Waals surface area contributed by atoms with Crippen molar-refractivity contribution in [3.8, 4) is 22.1 Å². The second kappa shape index (κ2) is 14.2. The number of carbonyl (C=O) groups is 3. The van der Waals surface area contributed by atoms with Gasteiger partial charge in [-0.3, -0.25) is 14.6 Å². The molecule has 0 unspecified atom stereocenters. The van der Waals surface area contributed by atoms with Gasteiger partial charge in [0.15, 0.2) is 6.73 Å². The van der Waals surface area contributed by atoms with Crippen molar-refractivity contribution < 1.29 is 33.3 Å². The quantitative estimate of drug-likeness (QED) is 0.250. The summed E-state index contributed by atoms with van der Waals surface area (Å²) >= 11 is 7.17. The van der Waals surface area contributed by atoms with E-state index in [1.54, 1.807) is 24.0 Å². The maximum absolute atomic E-state index is 13.5. The lowest BCUT2D eigenvalue weighted by atomic mass is 9.94. The van der Waals surface area contributed by atoms with Crippen LogP contribution in [0, 0.1) is 12.8 Å². The van der Waals surface area contributed by atoms with Crippen molar-refractivity contribution in [1.29, 1.82) is 0 Å². The predicted octanol–water partition coefficient (Wildman–Crippen LogP) is 4.66. The van der Waals surface area contributed by atoms with Crippen molar-refractivity contribution in [2.75, 3.05) is 27.3 Å². The highest BCUT2D eigenvalue weighted by Crippen LogP contribution is 2.34. The SMILES string of the molecule is COc1nn(COC(=O)CC2CCN(C(=O)OC(C)(C)C)CC2)/c(=N/C(=O)c2cnc(C)cc2-c2cc(Cl)ncc2OC)s1. The fraction of sp³-hybridized carbons (Fsp3) is 0.483. The third-order valence-corrected chi connectivity index (χ3v) is 7.77. The van der Waals surface area contributed by atoms with Gasteiger partial charge in [-0.05, 0) is 69.9 Å². The van der Waals surface area contributed by atoms with Gasteiger partial charge in [-0.2, -0.15) is 9.67 Å². The van der Waals surface area contributed by atoms with Gasteiger partial charge in [0.2, 0.25) is 4.80 Å². The molecular weight excluding hydrogens is 612 g/mol. The van der Waals surface area contributed by atoms with E-state index in [1.165, 1.54) is 31.3 Å². The number of amides is 2. The lowest BCUT2D eigenvalue weighted by molar-refractivity contribution is -0.149. The average molecular weight is 647 g/mol. The van der Waals surface area contributed by atoms with Crippen LogP contribution in [0.4, 0.5) is 4.79 Å². The van der Waals surface area contributed by atoms with Gasteiger partial charge in [0.1, 0.15) is 16.5 Å².